The first-order chi connectivity index (χ1) is 35.1. The van der Waals surface area contributed by atoms with Crippen molar-refractivity contribution in [2.75, 3.05) is 69.6 Å². The first-order valence-electron chi connectivity index (χ1n) is 25.7. The lowest BCUT2D eigenvalue weighted by Crippen LogP contribution is -2.54. The van der Waals surface area contributed by atoms with Crippen LogP contribution >= 0.6 is 0 Å². The molecule has 8 heterocycles. The molecule has 2 aromatic carbocycles. The van der Waals surface area contributed by atoms with E-state index in [1.165, 1.54) is 31.4 Å². The highest BCUT2D eigenvalue weighted by Crippen LogP contribution is 2.58. The molecule has 386 valence electrons. The molecule has 1 saturated carbocycles. The number of fused-ring (bicyclic) bond motifs is 3. The SMILES string of the molecule is CNc1c(F)cn(-c2ccnc3c2cc(CN2CCC(c4c(F)cc(C(O)N5CCC(CN6CCN(Cc7ccc8c(c7)C7(CC7)C(=O)N8C7CCC(=O)NC7=O)CC6C)CC5)cc4F)CC2)n3C)c(=O)c1F. The summed E-state index contributed by atoms with van der Waals surface area (Å²) in [7, 11) is 3.17. The van der Waals surface area contributed by atoms with Crippen LogP contribution in [-0.4, -0.2) is 128 Å². The lowest BCUT2D eigenvalue weighted by Gasteiger charge is -2.43. The van der Waals surface area contributed by atoms with Crippen LogP contribution < -0.4 is 21.1 Å². The van der Waals surface area contributed by atoms with Crippen LogP contribution in [0.15, 0.2) is 59.7 Å². The molecule has 1 aliphatic carbocycles. The number of imide groups is 1. The number of piperidine rings is 3. The molecule has 4 saturated heterocycles. The molecule has 3 amide bonds. The quantitative estimate of drug-likeness (QED) is 0.103. The second kappa shape index (κ2) is 19.4. The maximum atomic E-state index is 15.9. The van der Waals surface area contributed by atoms with Crippen LogP contribution in [0.3, 0.4) is 0 Å². The van der Waals surface area contributed by atoms with E-state index in [1.54, 1.807) is 4.90 Å². The van der Waals surface area contributed by atoms with E-state index in [1.807, 2.05) is 28.6 Å². The molecule has 15 nitrogen and oxygen atoms in total. The van der Waals surface area contributed by atoms with Crippen LogP contribution in [-0.2, 0) is 39.9 Å². The summed E-state index contributed by atoms with van der Waals surface area (Å²) in [5.74, 6) is -4.08. The third-order valence-electron chi connectivity index (χ3n) is 16.9. The average molecular weight is 1010 g/mol. The van der Waals surface area contributed by atoms with Crippen molar-refractivity contribution in [3.63, 3.8) is 0 Å². The second-order valence-electron chi connectivity index (χ2n) is 21.3. The van der Waals surface area contributed by atoms with E-state index in [2.05, 4.69) is 49.4 Å². The summed E-state index contributed by atoms with van der Waals surface area (Å²) in [4.78, 5) is 66.5. The molecular formula is C54H62F4N10O5. The normalized spacial score (nSPS) is 22.9. The number of amides is 3. The summed E-state index contributed by atoms with van der Waals surface area (Å²) < 4.78 is 64.2. The summed E-state index contributed by atoms with van der Waals surface area (Å²) in [5, 5.41) is 16.8. The van der Waals surface area contributed by atoms with Gasteiger partial charge in [0.15, 0.2) is 5.82 Å². The van der Waals surface area contributed by atoms with E-state index >= 15 is 8.78 Å². The molecule has 0 bridgehead atoms. The molecule has 3 atom stereocenters. The monoisotopic (exact) mass is 1010 g/mol. The zero-order valence-corrected chi connectivity index (χ0v) is 41.5. The predicted molar refractivity (Wildman–Crippen MR) is 266 cm³/mol. The zero-order chi connectivity index (χ0) is 51.0. The number of nitrogens with zero attached hydrogens (tertiary/aromatic N) is 8. The third kappa shape index (κ3) is 8.93. The molecule has 0 radical (unpaired) electrons. The number of benzene rings is 2. The highest BCUT2D eigenvalue weighted by atomic mass is 19.1. The van der Waals surface area contributed by atoms with Gasteiger partial charge in [0.2, 0.25) is 23.5 Å². The van der Waals surface area contributed by atoms with Crippen molar-refractivity contribution in [2.24, 2.45) is 13.0 Å². The first-order valence-corrected chi connectivity index (χ1v) is 25.7. The average Bonchev–Trinajstić information content (AvgIpc) is 4.08. The smallest absolute Gasteiger partial charge is 0.293 e. The number of hydrogen-bond donors (Lipinski definition) is 3. The van der Waals surface area contributed by atoms with Crippen LogP contribution in [0.25, 0.3) is 16.7 Å². The van der Waals surface area contributed by atoms with Gasteiger partial charge in [-0.25, -0.2) is 18.2 Å². The summed E-state index contributed by atoms with van der Waals surface area (Å²) in [6.07, 6.45) is 6.16. The Balaban J connectivity index is 0.656. The Bertz CT molecular complexity index is 3050. The zero-order valence-electron chi connectivity index (χ0n) is 41.5. The van der Waals surface area contributed by atoms with Gasteiger partial charge in [0.1, 0.15) is 35.2 Å². The molecule has 3 N–H and O–H groups in total. The van der Waals surface area contributed by atoms with E-state index in [9.17, 15) is 33.1 Å². The van der Waals surface area contributed by atoms with E-state index < -0.39 is 58.1 Å². The number of carbonyl (C=O) groups excluding carboxylic acids is 3. The minimum absolute atomic E-state index is 0.0246. The number of anilines is 2. The van der Waals surface area contributed by atoms with Gasteiger partial charge in [-0.3, -0.25) is 53.6 Å². The predicted octanol–water partition coefficient (Wildman–Crippen LogP) is 5.79. The van der Waals surface area contributed by atoms with Crippen molar-refractivity contribution in [1.82, 2.24) is 39.0 Å². The summed E-state index contributed by atoms with van der Waals surface area (Å²) >= 11 is 0. The van der Waals surface area contributed by atoms with Gasteiger partial charge in [-0.15, -0.1) is 0 Å². The van der Waals surface area contributed by atoms with E-state index in [0.717, 1.165) is 91.7 Å². The topological polar surface area (TPSA) is 152 Å². The summed E-state index contributed by atoms with van der Waals surface area (Å²) in [6.45, 7) is 9.51. The van der Waals surface area contributed by atoms with Crippen molar-refractivity contribution in [3.8, 4) is 5.69 Å². The minimum Gasteiger partial charge on any atom is -0.383 e. The van der Waals surface area contributed by atoms with Crippen LogP contribution in [0.5, 0.6) is 0 Å². The fourth-order valence-corrected chi connectivity index (χ4v) is 12.6. The van der Waals surface area contributed by atoms with Crippen LogP contribution in [0, 0.1) is 29.2 Å². The molecule has 5 aliphatic heterocycles. The van der Waals surface area contributed by atoms with Gasteiger partial charge in [-0.2, -0.15) is 4.39 Å². The van der Waals surface area contributed by atoms with Gasteiger partial charge < -0.3 is 15.0 Å². The molecule has 3 unspecified atom stereocenters. The van der Waals surface area contributed by atoms with Crippen LogP contribution in [0.4, 0.5) is 28.9 Å². The van der Waals surface area contributed by atoms with Gasteiger partial charge in [0.25, 0.3) is 5.56 Å². The largest absolute Gasteiger partial charge is 0.383 e. The van der Waals surface area contributed by atoms with Gasteiger partial charge in [0.05, 0.1) is 17.3 Å². The number of halogens is 4. The molecule has 73 heavy (non-hydrogen) atoms. The number of aryl methyl sites for hydroxylation is 1. The first kappa shape index (κ1) is 49.2. The summed E-state index contributed by atoms with van der Waals surface area (Å²) in [5.41, 5.74) is 2.83. The molecule has 5 fully saturated rings. The van der Waals surface area contributed by atoms with E-state index in [0.29, 0.717) is 80.7 Å². The Morgan fingerprint density at radius 1 is 0.849 bits per heavy atom. The number of likely N-dealkylation sites (tertiary alicyclic amines) is 2. The Morgan fingerprint density at radius 2 is 1.59 bits per heavy atom. The number of rotatable bonds is 12. The fraction of sp³-hybridized carbons (Fsp3) is 0.500. The number of aromatic nitrogens is 3. The molecule has 11 rings (SSSR count). The van der Waals surface area contributed by atoms with Crippen LogP contribution in [0.2, 0.25) is 0 Å². The molecule has 5 aromatic rings. The standard InChI is InChI=1S/C54H62F4N10O5/c1-31-26-64(27-33-4-5-43-38(22-33)54(13-14-54)53(73)68(43)44-6-7-45(69)61-50(44)70)20-21-66(31)28-32-9-18-65(19-10-32)51(71)35-23-39(55)46(40(56)24-35)34-11-16-63(17-12-34)29-36-25-37-42(8-15-60-49(37)62(36)3)67-30-41(57)48(59-2)47(58)52(67)72/h4-5,8,15,22-25,30-32,34,44,51,59,71H,6-7,9-14,16-21,26-29H2,1-3H3,(H,61,69,70). The Labute approximate surface area is 420 Å². The Morgan fingerprint density at radius 3 is 2.27 bits per heavy atom. The van der Waals surface area contributed by atoms with Crippen molar-refractivity contribution < 1.29 is 37.1 Å². The van der Waals surface area contributed by atoms with Crippen molar-refractivity contribution >= 4 is 40.1 Å². The maximum absolute atomic E-state index is 15.9. The number of aliphatic hydroxyl groups is 1. The van der Waals surface area contributed by atoms with Gasteiger partial charge in [-0.1, -0.05) is 12.1 Å². The Hall–Kier alpha value is -5.99. The number of hydrogen-bond acceptors (Lipinski definition) is 11. The highest BCUT2D eigenvalue weighted by molar-refractivity contribution is 6.15. The number of carbonyl (C=O) groups is 3. The van der Waals surface area contributed by atoms with E-state index in [4.69, 9.17) is 0 Å². The molecule has 6 aliphatic rings. The van der Waals surface area contributed by atoms with E-state index in [-0.39, 0.29) is 35.3 Å². The molecule has 3 aromatic heterocycles. The second-order valence-corrected chi connectivity index (χ2v) is 21.3. The lowest BCUT2D eigenvalue weighted by molar-refractivity contribution is -0.135. The molecule has 19 heteroatoms. The number of piperazine rings is 1. The fourth-order valence-electron chi connectivity index (χ4n) is 12.6. The van der Waals surface area contributed by atoms with Crippen LogP contribution in [0.1, 0.15) is 98.4 Å². The molecular weight excluding hydrogens is 945 g/mol. The minimum atomic E-state index is -1.22. The lowest BCUT2D eigenvalue weighted by atomic mass is 9.87. The van der Waals surface area contributed by atoms with Crippen molar-refractivity contribution in [1.29, 1.82) is 0 Å². The highest BCUT2D eigenvalue weighted by Gasteiger charge is 2.61. The van der Waals surface area contributed by atoms with Gasteiger partial charge >= 0.3 is 0 Å². The summed E-state index contributed by atoms with van der Waals surface area (Å²) in [6, 6.07) is 11.8. The number of nitrogens with one attached hydrogen (secondary N) is 2. The Kier molecular flexibility index (Phi) is 13.1. The number of aliphatic hydroxyl groups excluding tert-OH is 1. The molecule has 1 spiro atoms. The van der Waals surface area contributed by atoms with Gasteiger partial charge in [0, 0.05) is 113 Å². The number of pyridine rings is 2. The van der Waals surface area contributed by atoms with Crippen molar-refractivity contribution in [3.05, 3.63) is 116 Å². The van der Waals surface area contributed by atoms with Crippen molar-refractivity contribution in [2.45, 2.75) is 101 Å². The maximum Gasteiger partial charge on any atom is 0.293 e. The third-order valence-corrected chi connectivity index (χ3v) is 16.9. The van der Waals surface area contributed by atoms with Gasteiger partial charge in [-0.05, 0) is 118 Å².